The Morgan fingerprint density at radius 2 is 1.77 bits per heavy atom. The van der Waals surface area contributed by atoms with Gasteiger partial charge in [0.05, 0.1) is 24.1 Å². The number of carbonyl (C=O) groups is 2. The first-order valence-corrected chi connectivity index (χ1v) is 12.4. The second kappa shape index (κ2) is 12.1. The van der Waals surface area contributed by atoms with Crippen molar-refractivity contribution in [3.05, 3.63) is 99.4 Å². The minimum Gasteiger partial charge on any atom is -0.497 e. The average molecular weight is 531 g/mol. The summed E-state index contributed by atoms with van der Waals surface area (Å²) in [6, 6.07) is 19.1. The number of hydrogen-bond donors (Lipinski definition) is 4. The third kappa shape index (κ3) is 6.72. The number of nitrogens with zero attached hydrogens (tertiary/aromatic N) is 1. The van der Waals surface area contributed by atoms with E-state index in [1.54, 1.807) is 26.2 Å². The van der Waals surface area contributed by atoms with Crippen LogP contribution in [0.4, 0.5) is 10.8 Å². The van der Waals surface area contributed by atoms with Gasteiger partial charge in [-0.05, 0) is 54.3 Å². The van der Waals surface area contributed by atoms with Gasteiger partial charge < -0.3 is 30.2 Å². The number of methoxy groups -OCH3 is 1. The smallest absolute Gasteiger partial charge is 0.404 e. The number of amides is 2. The zero-order chi connectivity index (χ0) is 27.9. The predicted molar refractivity (Wildman–Crippen MR) is 147 cm³/mol. The molecule has 0 aliphatic rings. The molecule has 0 saturated heterocycles. The van der Waals surface area contributed by atoms with Gasteiger partial charge in [0.15, 0.2) is 0 Å². The molecule has 0 radical (unpaired) electrons. The summed E-state index contributed by atoms with van der Waals surface area (Å²) in [7, 11) is 1.58. The van der Waals surface area contributed by atoms with Crippen molar-refractivity contribution < 1.29 is 23.8 Å². The van der Waals surface area contributed by atoms with Crippen LogP contribution in [0.3, 0.4) is 0 Å². The summed E-state index contributed by atoms with van der Waals surface area (Å²) in [6.45, 7) is 3.64. The maximum absolute atomic E-state index is 13.4. The van der Waals surface area contributed by atoms with Crippen LogP contribution in [0.1, 0.15) is 35.2 Å². The molecule has 10 heteroatoms. The maximum atomic E-state index is 13.4. The molecule has 0 saturated carbocycles. The Morgan fingerprint density at radius 1 is 1.05 bits per heavy atom. The van der Waals surface area contributed by atoms with Crippen LogP contribution in [0.5, 0.6) is 5.75 Å². The molecule has 4 rings (SSSR count). The maximum Gasteiger partial charge on any atom is 0.404 e. The lowest BCUT2D eigenvalue weighted by Crippen LogP contribution is -2.42. The van der Waals surface area contributed by atoms with E-state index in [9.17, 15) is 14.4 Å². The van der Waals surface area contributed by atoms with Crippen molar-refractivity contribution in [2.24, 2.45) is 0 Å². The monoisotopic (exact) mass is 530 g/mol. The molecule has 0 bridgehead atoms. The van der Waals surface area contributed by atoms with E-state index in [-0.39, 0.29) is 29.9 Å². The molecular weight excluding hydrogens is 500 g/mol. The summed E-state index contributed by atoms with van der Waals surface area (Å²) in [5, 5.41) is 17.5. The number of aryl methyl sites for hydroxylation is 1. The normalized spacial score (nSPS) is 12.4. The van der Waals surface area contributed by atoms with Crippen LogP contribution in [0, 0.1) is 6.92 Å². The van der Waals surface area contributed by atoms with Crippen molar-refractivity contribution in [3.63, 3.8) is 0 Å². The van der Waals surface area contributed by atoms with Crippen molar-refractivity contribution in [2.75, 3.05) is 12.4 Å². The van der Waals surface area contributed by atoms with E-state index in [1.807, 2.05) is 61.5 Å². The molecule has 2 amide bonds. The highest BCUT2D eigenvalue weighted by Crippen LogP contribution is 2.21. The van der Waals surface area contributed by atoms with Crippen LogP contribution in [0.2, 0.25) is 0 Å². The fourth-order valence-corrected chi connectivity index (χ4v) is 4.28. The van der Waals surface area contributed by atoms with Crippen LogP contribution in [-0.4, -0.2) is 35.2 Å². The standard InChI is InChI=1S/C29H30N4O6/c1-17-21(16-30-29(36)37)11-14-23-25(17)27(35)39-28(32-23)33-24(15-19-9-12-22(38-3)13-10-19)26(34)31-18(2)20-7-5-4-6-8-20/h4-14,18,24,30H,15-16H2,1-3H3,(H,31,34)(H,32,33)(H,36,37)/t18?,24-/m0/s1. The van der Waals surface area contributed by atoms with Crippen molar-refractivity contribution in [3.8, 4) is 5.75 Å². The number of carbonyl (C=O) groups excluding carboxylic acids is 1. The van der Waals surface area contributed by atoms with E-state index in [1.165, 1.54) is 0 Å². The first kappa shape index (κ1) is 27.2. The summed E-state index contributed by atoms with van der Waals surface area (Å²) in [5.41, 5.74) is 2.74. The number of hydrogen-bond acceptors (Lipinski definition) is 7. The van der Waals surface area contributed by atoms with Gasteiger partial charge in [0.2, 0.25) is 5.91 Å². The summed E-state index contributed by atoms with van der Waals surface area (Å²) >= 11 is 0. The Balaban J connectivity index is 1.62. The molecule has 0 aliphatic carbocycles. The van der Waals surface area contributed by atoms with Gasteiger partial charge in [0, 0.05) is 13.0 Å². The Hall–Kier alpha value is -4.86. The molecule has 1 heterocycles. The quantitative estimate of drug-likeness (QED) is 0.239. The first-order valence-electron chi connectivity index (χ1n) is 12.4. The molecule has 0 fully saturated rings. The first-order chi connectivity index (χ1) is 18.7. The van der Waals surface area contributed by atoms with Crippen LogP contribution in [-0.2, 0) is 17.8 Å². The van der Waals surface area contributed by atoms with Gasteiger partial charge in [-0.3, -0.25) is 4.79 Å². The molecule has 4 aromatic rings. The van der Waals surface area contributed by atoms with E-state index < -0.39 is 17.8 Å². The van der Waals surface area contributed by atoms with Crippen LogP contribution in [0.25, 0.3) is 10.9 Å². The highest BCUT2D eigenvalue weighted by Gasteiger charge is 2.23. The highest BCUT2D eigenvalue weighted by molar-refractivity contribution is 5.86. The van der Waals surface area contributed by atoms with Gasteiger partial charge in [0.1, 0.15) is 11.8 Å². The molecule has 1 aromatic heterocycles. The zero-order valence-electron chi connectivity index (χ0n) is 21.9. The predicted octanol–water partition coefficient (Wildman–Crippen LogP) is 4.17. The SMILES string of the molecule is COc1ccc(C[C@H](Nc2nc3ccc(CNC(=O)O)c(C)c3c(=O)o2)C(=O)NC(C)c2ccccc2)cc1. The minimum atomic E-state index is -1.16. The molecule has 39 heavy (non-hydrogen) atoms. The van der Waals surface area contributed by atoms with Crippen molar-refractivity contribution in [1.82, 2.24) is 15.6 Å². The number of fused-ring (bicyclic) bond motifs is 1. The van der Waals surface area contributed by atoms with E-state index >= 15 is 0 Å². The van der Waals surface area contributed by atoms with E-state index in [2.05, 4.69) is 20.9 Å². The van der Waals surface area contributed by atoms with Gasteiger partial charge in [-0.25, -0.2) is 9.59 Å². The van der Waals surface area contributed by atoms with Crippen molar-refractivity contribution in [1.29, 1.82) is 0 Å². The average Bonchev–Trinajstić information content (AvgIpc) is 2.92. The summed E-state index contributed by atoms with van der Waals surface area (Å²) in [5.74, 6) is 0.402. The number of anilines is 1. The Morgan fingerprint density at radius 3 is 2.44 bits per heavy atom. The van der Waals surface area contributed by atoms with Gasteiger partial charge in [-0.15, -0.1) is 0 Å². The van der Waals surface area contributed by atoms with Gasteiger partial charge in [-0.2, -0.15) is 4.98 Å². The van der Waals surface area contributed by atoms with Crippen LogP contribution < -0.4 is 26.3 Å². The van der Waals surface area contributed by atoms with E-state index in [0.29, 0.717) is 28.8 Å². The number of nitrogens with one attached hydrogen (secondary N) is 3. The second-order valence-electron chi connectivity index (χ2n) is 9.10. The third-order valence-corrected chi connectivity index (χ3v) is 6.47. The molecule has 0 aliphatic heterocycles. The topological polar surface area (TPSA) is 143 Å². The second-order valence-corrected chi connectivity index (χ2v) is 9.10. The molecule has 1 unspecified atom stereocenters. The van der Waals surface area contributed by atoms with Gasteiger partial charge in [0.25, 0.3) is 6.01 Å². The zero-order valence-corrected chi connectivity index (χ0v) is 21.9. The fraction of sp³-hybridized carbons (Fsp3) is 0.241. The molecule has 202 valence electrons. The molecule has 0 spiro atoms. The van der Waals surface area contributed by atoms with Gasteiger partial charge in [-0.1, -0.05) is 48.5 Å². The molecule has 3 aromatic carbocycles. The minimum absolute atomic E-state index is 0.0419. The van der Waals surface area contributed by atoms with E-state index in [4.69, 9.17) is 14.3 Å². The summed E-state index contributed by atoms with van der Waals surface area (Å²) in [4.78, 5) is 41.7. The number of ether oxygens (including phenoxy) is 1. The Bertz CT molecular complexity index is 1520. The third-order valence-electron chi connectivity index (χ3n) is 6.47. The lowest BCUT2D eigenvalue weighted by atomic mass is 10.0. The van der Waals surface area contributed by atoms with E-state index in [0.717, 1.165) is 11.1 Å². The lowest BCUT2D eigenvalue weighted by Gasteiger charge is -2.22. The number of rotatable bonds is 10. The molecule has 10 nitrogen and oxygen atoms in total. The van der Waals surface area contributed by atoms with Crippen molar-refractivity contribution in [2.45, 2.75) is 38.9 Å². The number of carboxylic acid groups (broad SMARTS) is 1. The Labute approximate surface area is 225 Å². The summed E-state index contributed by atoms with van der Waals surface area (Å²) < 4.78 is 10.7. The Kier molecular flexibility index (Phi) is 8.45. The number of benzene rings is 3. The largest absolute Gasteiger partial charge is 0.497 e. The summed E-state index contributed by atoms with van der Waals surface area (Å²) in [6.07, 6.45) is -0.874. The van der Waals surface area contributed by atoms with Crippen molar-refractivity contribution >= 4 is 28.9 Å². The van der Waals surface area contributed by atoms with Crippen LogP contribution in [0.15, 0.2) is 75.9 Å². The highest BCUT2D eigenvalue weighted by atomic mass is 16.5. The van der Waals surface area contributed by atoms with Gasteiger partial charge >= 0.3 is 11.7 Å². The number of aromatic nitrogens is 1. The van der Waals surface area contributed by atoms with Crippen LogP contribution >= 0.6 is 0 Å². The molecule has 2 atom stereocenters. The molecule has 4 N–H and O–H groups in total. The molecular formula is C29H30N4O6. The lowest BCUT2D eigenvalue weighted by molar-refractivity contribution is -0.122. The fourth-order valence-electron chi connectivity index (χ4n) is 4.28.